The Morgan fingerprint density at radius 1 is 1.65 bits per heavy atom. The first kappa shape index (κ1) is 12.4. The van der Waals surface area contributed by atoms with Crippen LogP contribution in [0.5, 0.6) is 0 Å². The van der Waals surface area contributed by atoms with E-state index in [9.17, 15) is 9.90 Å². The molecule has 0 saturated carbocycles. The van der Waals surface area contributed by atoms with Gasteiger partial charge in [0, 0.05) is 39.6 Å². The minimum Gasteiger partial charge on any atom is -0.388 e. The molecule has 6 nitrogen and oxygen atoms in total. The number of aromatic nitrogens is 2. The first-order chi connectivity index (χ1) is 8.11. The summed E-state index contributed by atoms with van der Waals surface area (Å²) in [7, 11) is 1.68. The van der Waals surface area contributed by atoms with E-state index in [1.54, 1.807) is 7.05 Å². The van der Waals surface area contributed by atoms with Crippen LogP contribution >= 0.6 is 11.5 Å². The van der Waals surface area contributed by atoms with Gasteiger partial charge in [-0.15, -0.1) is 5.10 Å². The average Bonchev–Trinajstić information content (AvgIpc) is 2.81. The van der Waals surface area contributed by atoms with Crippen molar-refractivity contribution in [3.63, 3.8) is 0 Å². The Labute approximate surface area is 103 Å². The second kappa shape index (κ2) is 5.07. The van der Waals surface area contributed by atoms with E-state index in [0.29, 0.717) is 37.5 Å². The summed E-state index contributed by atoms with van der Waals surface area (Å²) in [4.78, 5) is 13.9. The van der Waals surface area contributed by atoms with Gasteiger partial charge in [-0.2, -0.15) is 0 Å². The SMILES string of the molecule is CN(CC1(O)CCOCC1)C(=O)c1cnns1. The fraction of sp³-hybridized carbons (Fsp3) is 0.700. The first-order valence-electron chi connectivity index (χ1n) is 5.44. The van der Waals surface area contributed by atoms with Crippen LogP contribution in [0.25, 0.3) is 0 Å². The van der Waals surface area contributed by atoms with Gasteiger partial charge in [-0.05, 0) is 11.5 Å². The topological polar surface area (TPSA) is 75.6 Å². The normalized spacial score (nSPS) is 18.9. The van der Waals surface area contributed by atoms with Crippen molar-refractivity contribution in [1.82, 2.24) is 14.5 Å². The molecular formula is C10H15N3O3S. The zero-order valence-corrected chi connectivity index (χ0v) is 10.4. The number of nitrogens with zero attached hydrogens (tertiary/aromatic N) is 3. The minimum absolute atomic E-state index is 0.153. The summed E-state index contributed by atoms with van der Waals surface area (Å²) in [5, 5.41) is 13.9. The molecule has 2 rings (SSSR count). The van der Waals surface area contributed by atoms with Crippen molar-refractivity contribution < 1.29 is 14.6 Å². The quantitative estimate of drug-likeness (QED) is 0.834. The summed E-state index contributed by atoms with van der Waals surface area (Å²) in [5.74, 6) is -0.153. The highest BCUT2D eigenvalue weighted by atomic mass is 32.1. The maximum absolute atomic E-state index is 11.9. The second-order valence-corrected chi connectivity index (χ2v) is 5.07. The molecule has 0 spiro atoms. The molecule has 1 aliphatic rings. The molecule has 1 aromatic rings. The van der Waals surface area contributed by atoms with Gasteiger partial charge in [-0.1, -0.05) is 4.49 Å². The molecule has 1 saturated heterocycles. The number of carbonyl (C=O) groups is 1. The lowest BCUT2D eigenvalue weighted by molar-refractivity contribution is -0.0733. The second-order valence-electron chi connectivity index (χ2n) is 4.28. The highest BCUT2D eigenvalue weighted by Crippen LogP contribution is 2.22. The van der Waals surface area contributed by atoms with Crippen molar-refractivity contribution in [2.75, 3.05) is 26.8 Å². The van der Waals surface area contributed by atoms with Crippen LogP contribution in [-0.4, -0.2) is 57.9 Å². The lowest BCUT2D eigenvalue weighted by Crippen LogP contribution is -2.47. The number of carbonyl (C=O) groups excluding carboxylic acids is 1. The van der Waals surface area contributed by atoms with E-state index >= 15 is 0 Å². The third kappa shape index (κ3) is 2.99. The number of amides is 1. The number of likely N-dealkylation sites (N-methyl/N-ethyl adjacent to an activating group) is 1. The molecule has 0 atom stereocenters. The van der Waals surface area contributed by atoms with Gasteiger partial charge in [0.2, 0.25) is 0 Å². The van der Waals surface area contributed by atoms with Gasteiger partial charge in [0.25, 0.3) is 5.91 Å². The standard InChI is InChI=1S/C10H15N3O3S/c1-13(9(14)8-6-11-12-17-8)7-10(15)2-4-16-5-3-10/h6,15H,2-5,7H2,1H3. The number of ether oxygens (including phenoxy) is 1. The van der Waals surface area contributed by atoms with E-state index in [2.05, 4.69) is 9.59 Å². The highest BCUT2D eigenvalue weighted by molar-refractivity contribution is 7.07. The number of aliphatic hydroxyl groups is 1. The number of hydrogen-bond donors (Lipinski definition) is 1. The van der Waals surface area contributed by atoms with Gasteiger partial charge in [0.1, 0.15) is 4.88 Å². The van der Waals surface area contributed by atoms with Crippen LogP contribution in [0.15, 0.2) is 6.20 Å². The van der Waals surface area contributed by atoms with Gasteiger partial charge in [0.05, 0.1) is 11.8 Å². The van der Waals surface area contributed by atoms with Crippen molar-refractivity contribution in [2.24, 2.45) is 0 Å². The summed E-state index contributed by atoms with van der Waals surface area (Å²) >= 11 is 1.06. The maximum Gasteiger partial charge on any atom is 0.267 e. The van der Waals surface area contributed by atoms with Crippen molar-refractivity contribution in [1.29, 1.82) is 0 Å². The number of hydrogen-bond acceptors (Lipinski definition) is 6. The molecule has 0 aromatic carbocycles. The number of rotatable bonds is 3. The zero-order valence-electron chi connectivity index (χ0n) is 9.63. The van der Waals surface area contributed by atoms with Crippen LogP contribution in [0.4, 0.5) is 0 Å². The molecule has 17 heavy (non-hydrogen) atoms. The highest BCUT2D eigenvalue weighted by Gasteiger charge is 2.32. The van der Waals surface area contributed by atoms with E-state index in [1.165, 1.54) is 11.1 Å². The van der Waals surface area contributed by atoms with Gasteiger partial charge in [-0.25, -0.2) is 0 Å². The van der Waals surface area contributed by atoms with Crippen molar-refractivity contribution in [2.45, 2.75) is 18.4 Å². The van der Waals surface area contributed by atoms with Crippen LogP contribution in [0, 0.1) is 0 Å². The molecule has 2 heterocycles. The third-order valence-corrected chi connectivity index (χ3v) is 3.53. The predicted octanol–water partition coefficient (Wildman–Crippen LogP) is 0.152. The molecular weight excluding hydrogens is 242 g/mol. The molecule has 1 aromatic heterocycles. The average molecular weight is 257 g/mol. The summed E-state index contributed by atoms with van der Waals surface area (Å²) in [5.41, 5.74) is -0.833. The molecule has 0 radical (unpaired) electrons. The predicted molar refractivity (Wildman–Crippen MR) is 61.9 cm³/mol. The molecule has 0 unspecified atom stereocenters. The maximum atomic E-state index is 11.9. The Bertz CT molecular complexity index is 376. The molecule has 0 bridgehead atoms. The fourth-order valence-corrected chi connectivity index (χ4v) is 2.38. The molecule has 94 valence electrons. The molecule has 1 aliphatic heterocycles. The van der Waals surface area contributed by atoms with Crippen molar-refractivity contribution in [3.05, 3.63) is 11.1 Å². The minimum atomic E-state index is -0.833. The van der Waals surface area contributed by atoms with Gasteiger partial charge in [0.15, 0.2) is 0 Å². The summed E-state index contributed by atoms with van der Waals surface area (Å²) in [6.07, 6.45) is 2.56. The van der Waals surface area contributed by atoms with Crippen LogP contribution in [0.2, 0.25) is 0 Å². The lowest BCUT2D eigenvalue weighted by atomic mass is 9.94. The Morgan fingerprint density at radius 2 is 2.35 bits per heavy atom. The monoisotopic (exact) mass is 257 g/mol. The van der Waals surface area contributed by atoms with Crippen LogP contribution in [0.3, 0.4) is 0 Å². The summed E-state index contributed by atoms with van der Waals surface area (Å²) < 4.78 is 8.85. The van der Waals surface area contributed by atoms with Crippen molar-refractivity contribution in [3.8, 4) is 0 Å². The fourth-order valence-electron chi connectivity index (χ4n) is 1.87. The molecule has 1 amide bonds. The van der Waals surface area contributed by atoms with E-state index in [0.717, 1.165) is 11.5 Å². The summed E-state index contributed by atoms with van der Waals surface area (Å²) in [6.45, 7) is 1.40. The Hall–Kier alpha value is -1.05. The Morgan fingerprint density at radius 3 is 2.94 bits per heavy atom. The van der Waals surface area contributed by atoms with E-state index in [4.69, 9.17) is 4.74 Å². The first-order valence-corrected chi connectivity index (χ1v) is 6.21. The van der Waals surface area contributed by atoms with Gasteiger partial charge < -0.3 is 14.7 Å². The van der Waals surface area contributed by atoms with Crippen LogP contribution in [-0.2, 0) is 4.74 Å². The third-order valence-electron chi connectivity index (χ3n) is 2.87. The molecule has 7 heteroatoms. The smallest absolute Gasteiger partial charge is 0.267 e. The lowest BCUT2D eigenvalue weighted by Gasteiger charge is -2.35. The van der Waals surface area contributed by atoms with E-state index in [-0.39, 0.29) is 5.91 Å². The van der Waals surface area contributed by atoms with Crippen LogP contribution < -0.4 is 0 Å². The summed E-state index contributed by atoms with van der Waals surface area (Å²) in [6, 6.07) is 0. The van der Waals surface area contributed by atoms with Gasteiger partial charge in [-0.3, -0.25) is 4.79 Å². The molecule has 1 N–H and O–H groups in total. The van der Waals surface area contributed by atoms with Crippen molar-refractivity contribution >= 4 is 17.4 Å². The van der Waals surface area contributed by atoms with E-state index < -0.39 is 5.60 Å². The Balaban J connectivity index is 1.96. The molecule has 0 aliphatic carbocycles. The van der Waals surface area contributed by atoms with Crippen LogP contribution in [0.1, 0.15) is 22.5 Å². The zero-order chi connectivity index (χ0) is 12.3. The largest absolute Gasteiger partial charge is 0.388 e. The van der Waals surface area contributed by atoms with E-state index in [1.807, 2.05) is 0 Å². The molecule has 1 fully saturated rings. The Kier molecular flexibility index (Phi) is 3.70. The van der Waals surface area contributed by atoms with Gasteiger partial charge >= 0.3 is 0 Å².